The number of carbonyl (C=O) groups excluding carboxylic acids is 1. The molecule has 3 N–H and O–H groups in total. The molecule has 0 fully saturated rings. The molecule has 0 saturated heterocycles. The van der Waals surface area contributed by atoms with Gasteiger partial charge in [0.1, 0.15) is 5.75 Å². The normalized spacial score (nSPS) is 11.4. The summed E-state index contributed by atoms with van der Waals surface area (Å²) >= 11 is 0. The smallest absolute Gasteiger partial charge is 0.227 e. The molecule has 0 aliphatic carbocycles. The number of phenolic OH excluding ortho intramolecular Hbond substituents is 1. The summed E-state index contributed by atoms with van der Waals surface area (Å²) < 4.78 is 0. The fourth-order valence-corrected chi connectivity index (χ4v) is 2.08. The Hall–Kier alpha value is -1.55. The maximum atomic E-state index is 12.4. The van der Waals surface area contributed by atoms with E-state index in [1.165, 1.54) is 0 Å². The lowest BCUT2D eigenvalue weighted by Gasteiger charge is -2.32. The van der Waals surface area contributed by atoms with Crippen molar-refractivity contribution >= 4 is 5.91 Å². The minimum Gasteiger partial charge on any atom is -0.508 e. The topological polar surface area (TPSA) is 66.6 Å². The molecule has 0 saturated carbocycles. The van der Waals surface area contributed by atoms with E-state index >= 15 is 0 Å². The van der Waals surface area contributed by atoms with E-state index < -0.39 is 0 Å². The number of nitrogens with zero attached hydrogens (tertiary/aromatic N) is 1. The van der Waals surface area contributed by atoms with Crippen LogP contribution in [0.1, 0.15) is 32.8 Å². The quantitative estimate of drug-likeness (QED) is 0.803. The predicted octanol–water partition coefficient (Wildman–Crippen LogP) is 2.16. The Bertz CT molecular complexity index is 444. The van der Waals surface area contributed by atoms with Gasteiger partial charge < -0.3 is 15.7 Å². The van der Waals surface area contributed by atoms with Crippen molar-refractivity contribution in [1.82, 2.24) is 4.90 Å². The summed E-state index contributed by atoms with van der Waals surface area (Å²) in [5, 5.41) is 9.76. The van der Waals surface area contributed by atoms with Crippen molar-refractivity contribution in [3.8, 4) is 5.75 Å². The highest BCUT2D eigenvalue weighted by atomic mass is 16.3. The van der Waals surface area contributed by atoms with Crippen molar-refractivity contribution in [2.45, 2.75) is 33.6 Å². The Labute approximate surface area is 121 Å². The maximum absolute atomic E-state index is 12.4. The van der Waals surface area contributed by atoms with E-state index in [1.54, 1.807) is 18.2 Å². The number of phenols is 1. The Morgan fingerprint density at radius 1 is 1.35 bits per heavy atom. The lowest BCUT2D eigenvalue weighted by molar-refractivity contribution is -0.131. The largest absolute Gasteiger partial charge is 0.508 e. The standard InChI is InChI=1S/C16H26N2O2/c1-4-9-18(12-16(2,3)11-17)15(20)10-13-7-5-6-8-14(13)19/h5-8,19H,4,9-12,17H2,1-3H3. The van der Waals surface area contributed by atoms with Crippen LogP contribution in [-0.4, -0.2) is 35.5 Å². The number of para-hydroxylation sites is 1. The van der Waals surface area contributed by atoms with Gasteiger partial charge in [-0.3, -0.25) is 4.79 Å². The van der Waals surface area contributed by atoms with Crippen molar-refractivity contribution in [2.75, 3.05) is 19.6 Å². The highest BCUT2D eigenvalue weighted by Crippen LogP contribution is 2.19. The molecular formula is C16H26N2O2. The van der Waals surface area contributed by atoms with Crippen LogP contribution in [0.4, 0.5) is 0 Å². The van der Waals surface area contributed by atoms with Gasteiger partial charge in [-0.25, -0.2) is 0 Å². The third kappa shape index (κ3) is 4.85. The summed E-state index contributed by atoms with van der Waals surface area (Å²) in [7, 11) is 0. The van der Waals surface area contributed by atoms with Gasteiger partial charge >= 0.3 is 0 Å². The monoisotopic (exact) mass is 278 g/mol. The fraction of sp³-hybridized carbons (Fsp3) is 0.562. The number of rotatable bonds is 7. The van der Waals surface area contributed by atoms with Gasteiger partial charge in [0, 0.05) is 18.7 Å². The summed E-state index contributed by atoms with van der Waals surface area (Å²) in [4.78, 5) is 14.3. The number of amides is 1. The Morgan fingerprint density at radius 3 is 2.55 bits per heavy atom. The van der Waals surface area contributed by atoms with E-state index in [1.807, 2.05) is 11.0 Å². The molecule has 0 atom stereocenters. The molecule has 0 heterocycles. The maximum Gasteiger partial charge on any atom is 0.227 e. The number of aromatic hydroxyl groups is 1. The van der Waals surface area contributed by atoms with Crippen LogP contribution >= 0.6 is 0 Å². The third-order valence-corrected chi connectivity index (χ3v) is 3.35. The van der Waals surface area contributed by atoms with E-state index in [2.05, 4.69) is 20.8 Å². The number of benzene rings is 1. The molecule has 0 bridgehead atoms. The first kappa shape index (κ1) is 16.5. The molecule has 4 nitrogen and oxygen atoms in total. The van der Waals surface area contributed by atoms with E-state index in [9.17, 15) is 9.90 Å². The van der Waals surface area contributed by atoms with Crippen LogP contribution in [0, 0.1) is 5.41 Å². The molecule has 0 aromatic heterocycles. The van der Waals surface area contributed by atoms with Crippen molar-refractivity contribution in [3.63, 3.8) is 0 Å². The molecule has 112 valence electrons. The summed E-state index contributed by atoms with van der Waals surface area (Å²) in [6.07, 6.45) is 1.14. The summed E-state index contributed by atoms with van der Waals surface area (Å²) in [6.45, 7) is 8.07. The van der Waals surface area contributed by atoms with Crippen LogP contribution < -0.4 is 5.73 Å². The molecule has 0 aliphatic rings. The van der Waals surface area contributed by atoms with Crippen molar-refractivity contribution in [1.29, 1.82) is 0 Å². The van der Waals surface area contributed by atoms with E-state index in [-0.39, 0.29) is 23.5 Å². The molecule has 1 aromatic carbocycles. The van der Waals surface area contributed by atoms with Crippen LogP contribution in [0.5, 0.6) is 5.75 Å². The second kappa shape index (κ2) is 7.29. The van der Waals surface area contributed by atoms with E-state index in [4.69, 9.17) is 5.73 Å². The van der Waals surface area contributed by atoms with Crippen molar-refractivity contribution in [3.05, 3.63) is 29.8 Å². The molecule has 20 heavy (non-hydrogen) atoms. The Kier molecular flexibility index (Phi) is 6.02. The van der Waals surface area contributed by atoms with Gasteiger partial charge in [0.2, 0.25) is 5.91 Å². The zero-order valence-corrected chi connectivity index (χ0v) is 12.7. The zero-order chi connectivity index (χ0) is 15.2. The predicted molar refractivity (Wildman–Crippen MR) is 81.5 cm³/mol. The van der Waals surface area contributed by atoms with Crippen LogP contribution in [-0.2, 0) is 11.2 Å². The third-order valence-electron chi connectivity index (χ3n) is 3.35. The first-order valence-corrected chi connectivity index (χ1v) is 7.14. The van der Waals surface area contributed by atoms with Crippen LogP contribution in [0.25, 0.3) is 0 Å². The summed E-state index contributed by atoms with van der Waals surface area (Å²) in [5.74, 6) is 0.213. The Balaban J connectivity index is 2.77. The van der Waals surface area contributed by atoms with E-state index in [0.29, 0.717) is 18.7 Å². The first-order chi connectivity index (χ1) is 9.39. The van der Waals surface area contributed by atoms with Crippen LogP contribution in [0.2, 0.25) is 0 Å². The second-order valence-electron chi connectivity index (χ2n) is 5.99. The highest BCUT2D eigenvalue weighted by Gasteiger charge is 2.23. The molecule has 1 rings (SSSR count). The average molecular weight is 278 g/mol. The molecule has 0 spiro atoms. The van der Waals surface area contributed by atoms with Crippen molar-refractivity contribution in [2.24, 2.45) is 11.1 Å². The van der Waals surface area contributed by atoms with Gasteiger partial charge in [-0.2, -0.15) is 0 Å². The van der Waals surface area contributed by atoms with Crippen molar-refractivity contribution < 1.29 is 9.90 Å². The highest BCUT2D eigenvalue weighted by molar-refractivity contribution is 5.79. The number of hydrogen-bond acceptors (Lipinski definition) is 3. The van der Waals surface area contributed by atoms with Gasteiger partial charge in [0.05, 0.1) is 6.42 Å². The molecule has 4 heteroatoms. The lowest BCUT2D eigenvalue weighted by atomic mass is 9.92. The molecular weight excluding hydrogens is 252 g/mol. The summed E-state index contributed by atoms with van der Waals surface area (Å²) in [5.41, 5.74) is 6.33. The lowest BCUT2D eigenvalue weighted by Crippen LogP contribution is -2.43. The van der Waals surface area contributed by atoms with Gasteiger partial charge in [0.15, 0.2) is 0 Å². The molecule has 0 unspecified atom stereocenters. The number of carbonyl (C=O) groups is 1. The number of nitrogens with two attached hydrogens (primary N) is 1. The van der Waals surface area contributed by atoms with Gasteiger partial charge in [-0.1, -0.05) is 39.0 Å². The second-order valence-corrected chi connectivity index (χ2v) is 5.99. The summed E-state index contributed by atoms with van der Waals surface area (Å²) in [6, 6.07) is 6.98. The molecule has 1 aromatic rings. The Morgan fingerprint density at radius 2 is 2.00 bits per heavy atom. The molecule has 0 radical (unpaired) electrons. The van der Waals surface area contributed by atoms with Gasteiger partial charge in [-0.05, 0) is 24.4 Å². The van der Waals surface area contributed by atoms with Gasteiger partial charge in [-0.15, -0.1) is 0 Å². The minimum atomic E-state index is -0.0937. The van der Waals surface area contributed by atoms with Gasteiger partial charge in [0.25, 0.3) is 0 Å². The zero-order valence-electron chi connectivity index (χ0n) is 12.7. The average Bonchev–Trinajstić information content (AvgIpc) is 2.40. The fourth-order valence-electron chi connectivity index (χ4n) is 2.08. The van der Waals surface area contributed by atoms with E-state index in [0.717, 1.165) is 13.0 Å². The molecule has 1 amide bonds. The number of hydrogen-bond donors (Lipinski definition) is 2. The minimum absolute atomic E-state index is 0.0369. The van der Waals surface area contributed by atoms with Crippen LogP contribution in [0.3, 0.4) is 0 Å². The molecule has 0 aliphatic heterocycles. The van der Waals surface area contributed by atoms with Crippen LogP contribution in [0.15, 0.2) is 24.3 Å². The SMILES string of the molecule is CCCN(CC(C)(C)CN)C(=O)Cc1ccccc1O. The first-order valence-electron chi connectivity index (χ1n) is 7.14.